The summed E-state index contributed by atoms with van der Waals surface area (Å²) in [5, 5.41) is 13.4. The van der Waals surface area contributed by atoms with E-state index in [1.807, 2.05) is 0 Å². The lowest BCUT2D eigenvalue weighted by atomic mass is 10.2. The Morgan fingerprint density at radius 3 is 2.52 bits per heavy atom. The van der Waals surface area contributed by atoms with Crippen LogP contribution in [-0.4, -0.2) is 69.9 Å². The van der Waals surface area contributed by atoms with Crippen LogP contribution < -0.4 is 10.6 Å². The molecule has 3 amide bonds. The highest BCUT2D eigenvalue weighted by molar-refractivity contribution is 7.90. The molecule has 0 bridgehead atoms. The highest BCUT2D eigenvalue weighted by Gasteiger charge is 2.29. The van der Waals surface area contributed by atoms with Crippen molar-refractivity contribution in [3.8, 4) is 6.07 Å². The van der Waals surface area contributed by atoms with Crippen molar-refractivity contribution in [2.75, 3.05) is 38.6 Å². The van der Waals surface area contributed by atoms with Gasteiger partial charge in [-0.15, -0.1) is 0 Å². The summed E-state index contributed by atoms with van der Waals surface area (Å²) in [6.45, 7) is 1.20. The Hall–Kier alpha value is -2.64. The number of nitrogens with zero attached hydrogens (tertiary/aromatic N) is 2. The van der Waals surface area contributed by atoms with E-state index in [0.717, 1.165) is 0 Å². The van der Waals surface area contributed by atoms with Crippen molar-refractivity contribution in [3.63, 3.8) is 0 Å². The third-order valence-corrected chi connectivity index (χ3v) is 5.52. The summed E-state index contributed by atoms with van der Waals surface area (Å²) in [7, 11) is -3.68. The average molecular weight is 394 g/mol. The van der Waals surface area contributed by atoms with Gasteiger partial charge in [-0.05, 0) is 5.56 Å². The molecule has 0 radical (unpaired) electrons. The van der Waals surface area contributed by atoms with E-state index in [9.17, 15) is 18.0 Å². The van der Waals surface area contributed by atoms with Crippen molar-refractivity contribution in [1.82, 2.24) is 15.5 Å². The number of hydrogen-bond donors (Lipinski definition) is 2. The Kier molecular flexibility index (Phi) is 7.57. The lowest BCUT2D eigenvalue weighted by Crippen LogP contribution is -2.55. The van der Waals surface area contributed by atoms with Crippen molar-refractivity contribution in [2.45, 2.75) is 11.8 Å². The molecule has 1 atom stereocenters. The average Bonchev–Trinajstić information content (AvgIpc) is 2.66. The smallest absolute Gasteiger partial charge is 0.318 e. The third kappa shape index (κ3) is 6.88. The van der Waals surface area contributed by atoms with Gasteiger partial charge < -0.3 is 20.3 Å². The Morgan fingerprint density at radius 1 is 1.22 bits per heavy atom. The predicted molar refractivity (Wildman–Crippen MR) is 97.3 cm³/mol. The van der Waals surface area contributed by atoms with Gasteiger partial charge in [0.1, 0.15) is 12.6 Å². The largest absolute Gasteiger partial charge is 0.378 e. The molecule has 1 aliphatic heterocycles. The van der Waals surface area contributed by atoms with Crippen LogP contribution in [0, 0.1) is 11.3 Å². The first-order valence-electron chi connectivity index (χ1n) is 8.43. The van der Waals surface area contributed by atoms with Crippen molar-refractivity contribution in [3.05, 3.63) is 35.9 Å². The lowest BCUT2D eigenvalue weighted by molar-refractivity contribution is -0.122. The van der Waals surface area contributed by atoms with Crippen LogP contribution in [0.25, 0.3) is 0 Å². The number of rotatable bonds is 7. The molecule has 0 aromatic heterocycles. The van der Waals surface area contributed by atoms with Gasteiger partial charge in [-0.25, -0.2) is 13.2 Å². The van der Waals surface area contributed by atoms with Crippen LogP contribution in [0.4, 0.5) is 4.79 Å². The van der Waals surface area contributed by atoms with Crippen LogP contribution in [0.15, 0.2) is 30.3 Å². The molecule has 146 valence electrons. The molecular weight excluding hydrogens is 372 g/mol. The second-order valence-electron chi connectivity index (χ2n) is 6.02. The van der Waals surface area contributed by atoms with Crippen molar-refractivity contribution < 1.29 is 22.7 Å². The zero-order chi connectivity index (χ0) is 19.7. The topological polar surface area (TPSA) is 129 Å². The summed E-state index contributed by atoms with van der Waals surface area (Å²) in [5.74, 6) is -1.52. The van der Waals surface area contributed by atoms with Gasteiger partial charge in [0.15, 0.2) is 9.84 Å². The van der Waals surface area contributed by atoms with E-state index in [-0.39, 0.29) is 12.3 Å². The Balaban J connectivity index is 2.07. The molecule has 1 aromatic rings. The van der Waals surface area contributed by atoms with Gasteiger partial charge in [0.05, 0.1) is 30.8 Å². The van der Waals surface area contributed by atoms with Crippen LogP contribution in [0.1, 0.15) is 5.56 Å². The number of hydrogen-bond acceptors (Lipinski definition) is 6. The van der Waals surface area contributed by atoms with E-state index in [0.29, 0.717) is 31.9 Å². The van der Waals surface area contributed by atoms with Crippen LogP contribution in [0.2, 0.25) is 0 Å². The zero-order valence-corrected chi connectivity index (χ0v) is 15.6. The standard InChI is InChI=1S/C17H22N4O5S/c18-6-7-19-16(22)15(20-17(23)21-8-10-26-11-9-21)13-27(24,25)12-14-4-2-1-3-5-14/h1-5,15H,7-13H2,(H,19,22)(H,20,23)/t15-/m0/s1. The minimum absolute atomic E-state index is 0.247. The second kappa shape index (κ2) is 9.89. The molecule has 1 fully saturated rings. The predicted octanol–water partition coefficient (Wildman–Crippen LogP) is -0.348. The molecule has 0 aliphatic carbocycles. The summed E-state index contributed by atoms with van der Waals surface area (Å²) in [6, 6.07) is 8.50. The molecule has 9 nitrogen and oxygen atoms in total. The lowest BCUT2D eigenvalue weighted by Gasteiger charge is -2.29. The Labute approximate surface area is 158 Å². The first-order valence-corrected chi connectivity index (χ1v) is 10.3. The van der Waals surface area contributed by atoms with Crippen LogP contribution in [0.5, 0.6) is 0 Å². The number of carbonyl (C=O) groups is 2. The summed E-state index contributed by atoms with van der Waals surface area (Å²) in [6.07, 6.45) is 0. The zero-order valence-electron chi connectivity index (χ0n) is 14.8. The molecule has 2 N–H and O–H groups in total. The fraction of sp³-hybridized carbons (Fsp3) is 0.471. The maximum Gasteiger partial charge on any atom is 0.318 e. The number of sulfone groups is 1. The first kappa shape index (κ1) is 20.7. The van der Waals surface area contributed by atoms with Gasteiger partial charge >= 0.3 is 6.03 Å². The number of urea groups is 1. The number of morpholine rings is 1. The summed E-state index contributed by atoms with van der Waals surface area (Å²) in [4.78, 5) is 26.1. The van der Waals surface area contributed by atoms with Crippen LogP contribution in [0.3, 0.4) is 0 Å². The maximum atomic E-state index is 12.5. The van der Waals surface area contributed by atoms with Crippen LogP contribution in [-0.2, 0) is 25.1 Å². The third-order valence-electron chi connectivity index (χ3n) is 3.90. The number of ether oxygens (including phenoxy) is 1. The quantitative estimate of drug-likeness (QED) is 0.609. The first-order chi connectivity index (χ1) is 12.9. The molecular formula is C17H22N4O5S. The van der Waals surface area contributed by atoms with Gasteiger partial charge in [0.25, 0.3) is 0 Å². The van der Waals surface area contributed by atoms with Crippen LogP contribution >= 0.6 is 0 Å². The van der Waals surface area contributed by atoms with Gasteiger partial charge in [0, 0.05) is 13.1 Å². The molecule has 2 rings (SSSR count). The monoisotopic (exact) mass is 394 g/mol. The SMILES string of the molecule is N#CCNC(=O)[C@H](CS(=O)(=O)Cc1ccccc1)NC(=O)N1CCOCC1. The van der Waals surface area contributed by atoms with E-state index in [1.54, 1.807) is 36.4 Å². The van der Waals surface area contributed by atoms with Gasteiger partial charge in [-0.2, -0.15) is 5.26 Å². The number of nitriles is 1. The van der Waals surface area contributed by atoms with Gasteiger partial charge in [-0.3, -0.25) is 4.79 Å². The highest BCUT2D eigenvalue weighted by atomic mass is 32.2. The van der Waals surface area contributed by atoms with E-state index in [1.165, 1.54) is 4.90 Å². The second-order valence-corrected chi connectivity index (χ2v) is 8.13. The number of benzene rings is 1. The molecule has 0 spiro atoms. The van der Waals surface area contributed by atoms with Crippen molar-refractivity contribution in [1.29, 1.82) is 5.26 Å². The highest BCUT2D eigenvalue weighted by Crippen LogP contribution is 2.08. The molecule has 1 saturated heterocycles. The number of amides is 3. The maximum absolute atomic E-state index is 12.5. The number of carbonyl (C=O) groups excluding carboxylic acids is 2. The molecule has 0 unspecified atom stereocenters. The molecule has 10 heteroatoms. The van der Waals surface area contributed by atoms with E-state index in [4.69, 9.17) is 10.00 Å². The summed E-state index contributed by atoms with van der Waals surface area (Å²) >= 11 is 0. The van der Waals surface area contributed by atoms with E-state index < -0.39 is 33.6 Å². The molecule has 1 heterocycles. The van der Waals surface area contributed by atoms with Crippen molar-refractivity contribution >= 4 is 21.8 Å². The minimum atomic E-state index is -3.68. The van der Waals surface area contributed by atoms with Crippen molar-refractivity contribution in [2.24, 2.45) is 0 Å². The molecule has 0 saturated carbocycles. The Bertz CT molecular complexity index is 785. The molecule has 1 aromatic carbocycles. The molecule has 1 aliphatic rings. The minimum Gasteiger partial charge on any atom is -0.378 e. The fourth-order valence-electron chi connectivity index (χ4n) is 2.58. The summed E-state index contributed by atoms with van der Waals surface area (Å²) < 4.78 is 30.2. The van der Waals surface area contributed by atoms with Gasteiger partial charge in [0.2, 0.25) is 5.91 Å². The fourth-order valence-corrected chi connectivity index (χ4v) is 4.14. The molecule has 27 heavy (non-hydrogen) atoms. The van der Waals surface area contributed by atoms with Gasteiger partial charge in [-0.1, -0.05) is 30.3 Å². The number of nitrogens with one attached hydrogen (secondary N) is 2. The van der Waals surface area contributed by atoms with E-state index in [2.05, 4.69) is 10.6 Å². The van der Waals surface area contributed by atoms with E-state index >= 15 is 0 Å². The normalized spacial score (nSPS) is 15.4. The Morgan fingerprint density at radius 2 is 1.89 bits per heavy atom. The summed E-state index contributed by atoms with van der Waals surface area (Å²) in [5.41, 5.74) is 0.591.